The first-order chi connectivity index (χ1) is 9.74. The van der Waals surface area contributed by atoms with E-state index in [1.807, 2.05) is 30.6 Å². The zero-order chi connectivity index (χ0) is 13.7. The van der Waals surface area contributed by atoms with E-state index in [2.05, 4.69) is 28.3 Å². The van der Waals surface area contributed by atoms with Crippen molar-refractivity contribution in [3.05, 3.63) is 59.5 Å². The molecule has 100 valence electrons. The van der Waals surface area contributed by atoms with Crippen molar-refractivity contribution in [2.75, 3.05) is 0 Å². The molecule has 20 heavy (non-hydrogen) atoms. The topological polar surface area (TPSA) is 17.8 Å². The van der Waals surface area contributed by atoms with Gasteiger partial charge in [0.2, 0.25) is 0 Å². The van der Waals surface area contributed by atoms with Crippen LogP contribution in [0, 0.1) is 5.92 Å². The van der Waals surface area contributed by atoms with Crippen LogP contribution in [0.25, 0.3) is 17.5 Å². The number of allylic oxidation sites excluding steroid dienone is 2. The lowest BCUT2D eigenvalue weighted by Crippen LogP contribution is -2.16. The highest BCUT2D eigenvalue weighted by atomic mass is 35.5. The molecule has 2 unspecified atom stereocenters. The summed E-state index contributed by atoms with van der Waals surface area (Å²) in [6.07, 6.45) is 5.98. The molecule has 1 aliphatic heterocycles. The lowest BCUT2D eigenvalue weighted by molar-refractivity contribution is 0.534. The molecular formula is C17H15ClN2. The first-order valence-electron chi connectivity index (χ1n) is 6.90. The first kappa shape index (κ1) is 12.0. The van der Waals surface area contributed by atoms with Gasteiger partial charge in [-0.05, 0) is 12.8 Å². The molecule has 3 heteroatoms. The van der Waals surface area contributed by atoms with Gasteiger partial charge in [-0.2, -0.15) is 0 Å². The van der Waals surface area contributed by atoms with Gasteiger partial charge in [-0.1, -0.05) is 54.1 Å². The van der Waals surface area contributed by atoms with Gasteiger partial charge < -0.3 is 4.57 Å². The Kier molecular flexibility index (Phi) is 2.61. The maximum absolute atomic E-state index is 6.50. The highest BCUT2D eigenvalue weighted by Crippen LogP contribution is 2.49. The van der Waals surface area contributed by atoms with E-state index in [-0.39, 0.29) is 0 Å². The Bertz CT molecular complexity index is 712. The smallest absolute Gasteiger partial charge is 0.117 e. The molecule has 1 saturated carbocycles. The van der Waals surface area contributed by atoms with Crippen molar-refractivity contribution < 1.29 is 0 Å². The molecule has 1 aliphatic carbocycles. The van der Waals surface area contributed by atoms with Crippen LogP contribution in [0.5, 0.6) is 0 Å². The molecule has 0 N–H and O–H groups in total. The van der Waals surface area contributed by atoms with Gasteiger partial charge >= 0.3 is 0 Å². The van der Waals surface area contributed by atoms with E-state index in [0.29, 0.717) is 11.8 Å². The normalized spacial score (nSPS) is 24.2. The van der Waals surface area contributed by atoms with Gasteiger partial charge in [0.25, 0.3) is 0 Å². The molecule has 0 bridgehead atoms. The molecule has 0 saturated heterocycles. The first-order valence-corrected chi connectivity index (χ1v) is 7.28. The maximum Gasteiger partial charge on any atom is 0.117 e. The van der Waals surface area contributed by atoms with Gasteiger partial charge in [-0.15, -0.1) is 0 Å². The van der Waals surface area contributed by atoms with Crippen LogP contribution in [-0.2, 0) is 0 Å². The zero-order valence-corrected chi connectivity index (χ0v) is 11.8. The minimum absolute atomic E-state index is 0.377. The Labute approximate surface area is 123 Å². The van der Waals surface area contributed by atoms with Crippen LogP contribution in [0.1, 0.15) is 24.6 Å². The molecule has 2 aromatic rings. The number of aromatic nitrogens is 2. The Morgan fingerprint density at radius 2 is 1.90 bits per heavy atom. The quantitative estimate of drug-likeness (QED) is 0.696. The van der Waals surface area contributed by atoms with Crippen LogP contribution in [0.15, 0.2) is 53.7 Å². The highest BCUT2D eigenvalue weighted by Gasteiger charge is 2.38. The molecule has 4 rings (SSSR count). The number of rotatable bonds is 1. The van der Waals surface area contributed by atoms with Gasteiger partial charge in [-0.25, -0.2) is 4.98 Å². The lowest BCUT2D eigenvalue weighted by Gasteiger charge is -2.24. The molecule has 1 aromatic carbocycles. The second kappa shape index (κ2) is 4.35. The summed E-state index contributed by atoms with van der Waals surface area (Å²) in [5.41, 5.74) is 3.56. The predicted molar refractivity (Wildman–Crippen MR) is 82.4 cm³/mol. The number of nitrogens with zero attached hydrogens (tertiary/aromatic N) is 2. The SMILES string of the molecule is C=C1CC2C(Cl)=Cn3c(-c4ccccc4)cnc3C2C1. The second-order valence-corrected chi connectivity index (χ2v) is 6.06. The molecule has 2 aliphatic rings. The van der Waals surface area contributed by atoms with Crippen molar-refractivity contribution in [2.24, 2.45) is 5.92 Å². The van der Waals surface area contributed by atoms with E-state index in [1.54, 1.807) is 0 Å². The van der Waals surface area contributed by atoms with Gasteiger partial charge in [0.05, 0.1) is 11.9 Å². The lowest BCUT2D eigenvalue weighted by atomic mass is 9.93. The van der Waals surface area contributed by atoms with Crippen molar-refractivity contribution in [3.8, 4) is 11.3 Å². The van der Waals surface area contributed by atoms with E-state index in [4.69, 9.17) is 11.6 Å². The fraction of sp³-hybridized carbons (Fsp3) is 0.235. The molecule has 2 atom stereocenters. The Morgan fingerprint density at radius 1 is 1.15 bits per heavy atom. The fourth-order valence-electron chi connectivity index (χ4n) is 3.38. The second-order valence-electron chi connectivity index (χ2n) is 5.62. The number of imidazole rings is 1. The zero-order valence-electron chi connectivity index (χ0n) is 11.1. The van der Waals surface area contributed by atoms with Crippen molar-refractivity contribution in [2.45, 2.75) is 18.8 Å². The van der Waals surface area contributed by atoms with Crippen molar-refractivity contribution in [1.82, 2.24) is 9.55 Å². The maximum atomic E-state index is 6.50. The van der Waals surface area contributed by atoms with Crippen LogP contribution in [0.4, 0.5) is 0 Å². The van der Waals surface area contributed by atoms with Gasteiger partial charge in [0.15, 0.2) is 0 Å². The number of halogens is 1. The van der Waals surface area contributed by atoms with E-state index in [9.17, 15) is 0 Å². The standard InChI is InChI=1S/C17H15ClN2/c1-11-7-13-14(8-11)17-19-9-16(20(17)10-15(13)18)12-5-3-2-4-6-12/h2-6,9-10,13-14H,1,7-8H2. The van der Waals surface area contributed by atoms with Gasteiger partial charge in [-0.3, -0.25) is 0 Å². The summed E-state index contributed by atoms with van der Waals surface area (Å²) >= 11 is 6.50. The third-order valence-electron chi connectivity index (χ3n) is 4.34. The van der Waals surface area contributed by atoms with Crippen molar-refractivity contribution in [1.29, 1.82) is 0 Å². The molecule has 0 radical (unpaired) electrons. The molecule has 1 aromatic heterocycles. The van der Waals surface area contributed by atoms with Crippen LogP contribution in [0.3, 0.4) is 0 Å². The summed E-state index contributed by atoms with van der Waals surface area (Å²) in [6, 6.07) is 10.3. The third kappa shape index (κ3) is 1.68. The van der Waals surface area contributed by atoms with Crippen LogP contribution in [-0.4, -0.2) is 9.55 Å². The van der Waals surface area contributed by atoms with Crippen LogP contribution in [0.2, 0.25) is 0 Å². The van der Waals surface area contributed by atoms with Crippen molar-refractivity contribution >= 4 is 17.8 Å². The Balaban J connectivity index is 1.87. The largest absolute Gasteiger partial charge is 0.302 e. The van der Waals surface area contributed by atoms with Crippen LogP contribution < -0.4 is 0 Å². The molecular weight excluding hydrogens is 268 g/mol. The van der Waals surface area contributed by atoms with Crippen molar-refractivity contribution in [3.63, 3.8) is 0 Å². The summed E-state index contributed by atoms with van der Waals surface area (Å²) in [5, 5.41) is 0.927. The third-order valence-corrected chi connectivity index (χ3v) is 4.71. The number of benzene rings is 1. The average Bonchev–Trinajstić information content (AvgIpc) is 3.03. The Morgan fingerprint density at radius 3 is 2.70 bits per heavy atom. The minimum atomic E-state index is 0.377. The molecule has 0 amide bonds. The molecule has 0 spiro atoms. The van der Waals surface area contributed by atoms with Crippen LogP contribution >= 0.6 is 11.6 Å². The van der Waals surface area contributed by atoms with E-state index in [0.717, 1.165) is 29.4 Å². The molecule has 2 heterocycles. The number of hydrogen-bond acceptors (Lipinski definition) is 1. The summed E-state index contributed by atoms with van der Waals surface area (Å²) < 4.78 is 2.15. The minimum Gasteiger partial charge on any atom is -0.302 e. The van der Waals surface area contributed by atoms with E-state index < -0.39 is 0 Å². The summed E-state index contributed by atoms with van der Waals surface area (Å²) in [6.45, 7) is 4.13. The Hall–Kier alpha value is -1.80. The average molecular weight is 283 g/mol. The molecule has 1 fully saturated rings. The summed E-state index contributed by atoms with van der Waals surface area (Å²) in [4.78, 5) is 4.66. The summed E-state index contributed by atoms with van der Waals surface area (Å²) in [7, 11) is 0. The van der Waals surface area contributed by atoms with E-state index >= 15 is 0 Å². The molecule has 2 nitrogen and oxygen atoms in total. The van der Waals surface area contributed by atoms with Gasteiger partial charge in [0.1, 0.15) is 5.82 Å². The van der Waals surface area contributed by atoms with E-state index in [1.165, 1.54) is 11.1 Å². The number of hydrogen-bond donors (Lipinski definition) is 0. The number of fused-ring (bicyclic) bond motifs is 3. The monoisotopic (exact) mass is 282 g/mol. The predicted octanol–water partition coefficient (Wildman–Crippen LogP) is 4.65. The summed E-state index contributed by atoms with van der Waals surface area (Å²) in [5.74, 6) is 1.89. The fourth-order valence-corrected chi connectivity index (χ4v) is 3.70. The van der Waals surface area contributed by atoms with Gasteiger partial charge in [0, 0.05) is 28.6 Å². The highest BCUT2D eigenvalue weighted by molar-refractivity contribution is 6.31.